The van der Waals surface area contributed by atoms with Crippen LogP contribution in [0.25, 0.3) is 0 Å². The number of halogens is 2. The number of nitrogens with zero attached hydrogens (tertiary/aromatic N) is 1. The van der Waals surface area contributed by atoms with E-state index in [1.807, 2.05) is 0 Å². The molecule has 0 bridgehead atoms. The fourth-order valence-electron chi connectivity index (χ4n) is 1.54. The largest absolute Gasteiger partial charge is 0.399 e. The maximum atomic E-state index is 11.5. The average molecular weight is 319 g/mol. The summed E-state index contributed by atoms with van der Waals surface area (Å²) in [6, 6.07) is 5.10. The molecule has 0 fully saturated rings. The van der Waals surface area contributed by atoms with Gasteiger partial charge >= 0.3 is 0 Å². The van der Waals surface area contributed by atoms with E-state index in [2.05, 4.69) is 10.5 Å². The van der Waals surface area contributed by atoms with Gasteiger partial charge in [0.1, 0.15) is 7.11 Å². The average Bonchev–Trinajstić information content (AvgIpc) is 2.44. The van der Waals surface area contributed by atoms with Crippen LogP contribution in [0.5, 0.6) is 0 Å². The Kier molecular flexibility index (Phi) is 7.36. The third kappa shape index (κ3) is 5.36. The molecule has 0 spiro atoms. The molecule has 0 aromatic heterocycles. The van der Waals surface area contributed by atoms with E-state index in [1.54, 1.807) is 18.2 Å². The zero-order chi connectivity index (χ0) is 15.0. The number of amides is 1. The second-order valence-electron chi connectivity index (χ2n) is 3.92. The van der Waals surface area contributed by atoms with Gasteiger partial charge in [-0.1, -0.05) is 34.4 Å². The second kappa shape index (κ2) is 8.79. The van der Waals surface area contributed by atoms with Gasteiger partial charge < -0.3 is 15.3 Å². The summed E-state index contributed by atoms with van der Waals surface area (Å²) in [7, 11) is 1.43. The van der Waals surface area contributed by atoms with Crippen molar-refractivity contribution in [2.75, 3.05) is 20.3 Å². The first-order valence-electron chi connectivity index (χ1n) is 6.01. The Morgan fingerprint density at radius 2 is 2.10 bits per heavy atom. The summed E-state index contributed by atoms with van der Waals surface area (Å²) >= 11 is 11.8. The Labute approximate surface area is 127 Å². The van der Waals surface area contributed by atoms with Crippen LogP contribution in [0.15, 0.2) is 23.4 Å². The molecule has 110 valence electrons. The molecule has 0 aliphatic rings. The van der Waals surface area contributed by atoms with E-state index in [4.69, 9.17) is 33.1 Å². The molecule has 20 heavy (non-hydrogen) atoms. The summed E-state index contributed by atoms with van der Waals surface area (Å²) in [5, 5.41) is 16.0. The molecule has 5 nitrogen and oxygen atoms in total. The van der Waals surface area contributed by atoms with Crippen LogP contribution in [-0.4, -0.2) is 37.0 Å². The predicted molar refractivity (Wildman–Crippen MR) is 79.3 cm³/mol. The summed E-state index contributed by atoms with van der Waals surface area (Å²) in [5.74, 6) is -0.164. The molecule has 0 saturated heterocycles. The molecule has 1 aromatic rings. The number of aliphatic hydroxyl groups excluding tert-OH is 1. The van der Waals surface area contributed by atoms with Crippen molar-refractivity contribution < 1.29 is 14.7 Å². The molecule has 0 unspecified atom stereocenters. The van der Waals surface area contributed by atoms with Crippen molar-refractivity contribution in [3.63, 3.8) is 0 Å². The third-order valence-electron chi connectivity index (χ3n) is 2.48. The molecule has 1 aromatic carbocycles. The van der Waals surface area contributed by atoms with Gasteiger partial charge in [0.2, 0.25) is 5.91 Å². The number of rotatable bonds is 7. The molecule has 7 heteroatoms. The van der Waals surface area contributed by atoms with E-state index < -0.39 is 0 Å². The smallest absolute Gasteiger partial charge is 0.220 e. The number of oxime groups is 1. The van der Waals surface area contributed by atoms with Crippen molar-refractivity contribution in [2.24, 2.45) is 5.16 Å². The zero-order valence-electron chi connectivity index (χ0n) is 11.0. The van der Waals surface area contributed by atoms with Gasteiger partial charge in [0.05, 0.1) is 22.4 Å². The SMILES string of the molecule is CO/N=C(/CCC(=O)NCCO)c1ccc(Cl)c(Cl)c1. The van der Waals surface area contributed by atoms with Crippen molar-refractivity contribution in [2.45, 2.75) is 12.8 Å². The summed E-state index contributed by atoms with van der Waals surface area (Å²) < 4.78 is 0. The lowest BCUT2D eigenvalue weighted by Crippen LogP contribution is -2.26. The predicted octanol–water partition coefficient (Wildman–Crippen LogP) is 2.23. The van der Waals surface area contributed by atoms with Crippen molar-refractivity contribution in [3.8, 4) is 0 Å². The first kappa shape index (κ1) is 16.8. The zero-order valence-corrected chi connectivity index (χ0v) is 12.5. The first-order chi connectivity index (χ1) is 9.58. The summed E-state index contributed by atoms with van der Waals surface area (Å²) in [5.41, 5.74) is 1.35. The fraction of sp³-hybridized carbons (Fsp3) is 0.385. The van der Waals surface area contributed by atoms with E-state index in [1.165, 1.54) is 7.11 Å². The quantitative estimate of drug-likeness (QED) is 0.598. The minimum atomic E-state index is -0.164. The third-order valence-corrected chi connectivity index (χ3v) is 3.22. The number of carbonyl (C=O) groups is 1. The molecule has 0 saturated carbocycles. The van der Waals surface area contributed by atoms with Crippen LogP contribution < -0.4 is 5.32 Å². The molecule has 2 N–H and O–H groups in total. The monoisotopic (exact) mass is 318 g/mol. The molecule has 0 radical (unpaired) electrons. The van der Waals surface area contributed by atoms with Crippen molar-refractivity contribution >= 4 is 34.8 Å². The van der Waals surface area contributed by atoms with Gasteiger partial charge in [-0.25, -0.2) is 0 Å². The maximum Gasteiger partial charge on any atom is 0.220 e. The van der Waals surface area contributed by atoms with Crippen LogP contribution >= 0.6 is 23.2 Å². The van der Waals surface area contributed by atoms with Gasteiger partial charge in [-0.2, -0.15) is 0 Å². The Morgan fingerprint density at radius 1 is 1.35 bits per heavy atom. The van der Waals surface area contributed by atoms with Crippen LogP contribution in [0.3, 0.4) is 0 Å². The van der Waals surface area contributed by atoms with E-state index >= 15 is 0 Å². The van der Waals surface area contributed by atoms with E-state index in [0.29, 0.717) is 22.2 Å². The Balaban J connectivity index is 2.72. The number of aliphatic hydroxyl groups is 1. The van der Waals surface area contributed by atoms with E-state index in [0.717, 1.165) is 5.56 Å². The number of nitrogens with one attached hydrogen (secondary N) is 1. The van der Waals surface area contributed by atoms with Crippen molar-refractivity contribution in [1.29, 1.82) is 0 Å². The number of hydrogen-bond donors (Lipinski definition) is 2. The number of hydrogen-bond acceptors (Lipinski definition) is 4. The van der Waals surface area contributed by atoms with Crippen LogP contribution in [-0.2, 0) is 9.63 Å². The van der Waals surface area contributed by atoms with E-state index in [9.17, 15) is 4.79 Å². The lowest BCUT2D eigenvalue weighted by molar-refractivity contribution is -0.121. The second-order valence-corrected chi connectivity index (χ2v) is 4.74. The standard InChI is InChI=1S/C13H16Cl2N2O3/c1-20-17-12(4-5-13(19)16-6-7-18)9-2-3-10(14)11(15)8-9/h2-3,8,18H,4-7H2,1H3,(H,16,19)/b17-12-. The van der Waals surface area contributed by atoms with Crippen LogP contribution in [0, 0.1) is 0 Å². The lowest BCUT2D eigenvalue weighted by Gasteiger charge is -2.07. The fourth-order valence-corrected chi connectivity index (χ4v) is 1.84. The molecular weight excluding hydrogens is 303 g/mol. The van der Waals surface area contributed by atoms with Crippen LogP contribution in [0.2, 0.25) is 10.0 Å². The normalized spacial score (nSPS) is 11.3. The molecule has 1 amide bonds. The van der Waals surface area contributed by atoms with Crippen molar-refractivity contribution in [3.05, 3.63) is 33.8 Å². The van der Waals surface area contributed by atoms with Crippen LogP contribution in [0.1, 0.15) is 18.4 Å². The Hall–Kier alpha value is -1.30. The molecule has 0 heterocycles. The van der Waals surface area contributed by atoms with Gasteiger partial charge in [-0.05, 0) is 12.1 Å². The Morgan fingerprint density at radius 3 is 2.70 bits per heavy atom. The minimum Gasteiger partial charge on any atom is -0.399 e. The highest BCUT2D eigenvalue weighted by Gasteiger charge is 2.10. The van der Waals surface area contributed by atoms with Gasteiger partial charge in [-0.3, -0.25) is 4.79 Å². The lowest BCUT2D eigenvalue weighted by atomic mass is 10.1. The first-order valence-corrected chi connectivity index (χ1v) is 6.77. The maximum absolute atomic E-state index is 11.5. The van der Waals surface area contributed by atoms with Gasteiger partial charge in [0, 0.05) is 24.9 Å². The number of carbonyl (C=O) groups excluding carboxylic acids is 1. The number of benzene rings is 1. The molecule has 0 aliphatic heterocycles. The highest BCUT2D eigenvalue weighted by atomic mass is 35.5. The summed E-state index contributed by atoms with van der Waals surface area (Å²) in [6.45, 7) is 0.153. The summed E-state index contributed by atoms with van der Waals surface area (Å²) in [6.07, 6.45) is 0.630. The molecule has 0 aliphatic carbocycles. The Bertz CT molecular complexity index is 493. The molecular formula is C13H16Cl2N2O3. The van der Waals surface area contributed by atoms with Gasteiger partial charge in [-0.15, -0.1) is 0 Å². The highest BCUT2D eigenvalue weighted by Crippen LogP contribution is 2.23. The topological polar surface area (TPSA) is 70.9 Å². The summed E-state index contributed by atoms with van der Waals surface area (Å²) in [4.78, 5) is 16.3. The van der Waals surface area contributed by atoms with Gasteiger partial charge in [0.25, 0.3) is 0 Å². The molecule has 1 rings (SSSR count). The van der Waals surface area contributed by atoms with E-state index in [-0.39, 0.29) is 25.5 Å². The van der Waals surface area contributed by atoms with Crippen molar-refractivity contribution in [1.82, 2.24) is 5.32 Å². The highest BCUT2D eigenvalue weighted by molar-refractivity contribution is 6.42. The minimum absolute atomic E-state index is 0.0858. The molecule has 0 atom stereocenters. The van der Waals surface area contributed by atoms with Gasteiger partial charge in [0.15, 0.2) is 0 Å². The van der Waals surface area contributed by atoms with Crippen LogP contribution in [0.4, 0.5) is 0 Å².